The van der Waals surface area contributed by atoms with E-state index in [1.165, 1.54) is 31.0 Å². The van der Waals surface area contributed by atoms with Gasteiger partial charge in [-0.1, -0.05) is 43.2 Å². The van der Waals surface area contributed by atoms with Crippen molar-refractivity contribution in [1.29, 1.82) is 0 Å². The number of hydrogen-bond donors (Lipinski definition) is 1. The van der Waals surface area contributed by atoms with Crippen molar-refractivity contribution >= 4 is 17.7 Å². The average molecular weight is 394 g/mol. The van der Waals surface area contributed by atoms with Crippen molar-refractivity contribution in [3.63, 3.8) is 0 Å². The summed E-state index contributed by atoms with van der Waals surface area (Å²) in [7, 11) is 0. The van der Waals surface area contributed by atoms with Crippen molar-refractivity contribution in [3.05, 3.63) is 55.1 Å². The molecule has 1 aliphatic rings. The number of imidazole rings is 1. The fourth-order valence-corrected chi connectivity index (χ4v) is 4.05. The molecular formula is C21H23N5OS. The van der Waals surface area contributed by atoms with Crippen LogP contribution in [0.5, 0.6) is 0 Å². The first-order valence-electron chi connectivity index (χ1n) is 9.62. The number of rotatable bonds is 6. The van der Waals surface area contributed by atoms with Crippen LogP contribution in [0.25, 0.3) is 16.9 Å². The molecule has 144 valence electrons. The number of nitrogens with one attached hydrogen (secondary N) is 1. The number of thioether (sulfide) groups is 1. The summed E-state index contributed by atoms with van der Waals surface area (Å²) >= 11 is 1.43. The third-order valence-electron chi connectivity index (χ3n) is 4.93. The van der Waals surface area contributed by atoms with Crippen LogP contribution < -0.4 is 5.32 Å². The third-order valence-corrected chi connectivity index (χ3v) is 5.85. The predicted octanol–water partition coefficient (Wildman–Crippen LogP) is 3.87. The Balaban J connectivity index is 1.31. The van der Waals surface area contributed by atoms with E-state index in [2.05, 4.69) is 20.5 Å². The highest BCUT2D eigenvalue weighted by atomic mass is 32.2. The molecule has 7 heteroatoms. The van der Waals surface area contributed by atoms with Crippen molar-refractivity contribution in [2.75, 3.05) is 5.75 Å². The average Bonchev–Trinajstić information content (AvgIpc) is 3.29. The molecule has 0 bridgehead atoms. The molecule has 1 saturated carbocycles. The fraction of sp³-hybridized carbons (Fsp3) is 0.333. The molecule has 1 N–H and O–H groups in total. The van der Waals surface area contributed by atoms with Gasteiger partial charge in [-0.15, -0.1) is 10.2 Å². The van der Waals surface area contributed by atoms with Gasteiger partial charge in [0.15, 0.2) is 0 Å². The lowest BCUT2D eigenvalue weighted by molar-refractivity contribution is -0.119. The van der Waals surface area contributed by atoms with Crippen LogP contribution in [0.15, 0.2) is 60.1 Å². The zero-order valence-electron chi connectivity index (χ0n) is 15.6. The van der Waals surface area contributed by atoms with E-state index >= 15 is 0 Å². The molecule has 0 atom stereocenters. The van der Waals surface area contributed by atoms with Gasteiger partial charge in [0, 0.05) is 29.7 Å². The van der Waals surface area contributed by atoms with Crippen LogP contribution >= 0.6 is 11.8 Å². The van der Waals surface area contributed by atoms with Crippen LogP contribution in [-0.2, 0) is 4.79 Å². The Morgan fingerprint density at radius 2 is 1.89 bits per heavy atom. The van der Waals surface area contributed by atoms with Crippen LogP contribution in [0.4, 0.5) is 0 Å². The quantitative estimate of drug-likeness (QED) is 0.644. The second-order valence-electron chi connectivity index (χ2n) is 6.96. The van der Waals surface area contributed by atoms with Crippen LogP contribution in [-0.4, -0.2) is 37.5 Å². The molecule has 1 aromatic carbocycles. The summed E-state index contributed by atoms with van der Waals surface area (Å²) in [6.45, 7) is 0. The minimum Gasteiger partial charge on any atom is -0.353 e. The molecule has 3 aromatic rings. The monoisotopic (exact) mass is 393 g/mol. The van der Waals surface area contributed by atoms with Gasteiger partial charge in [-0.2, -0.15) is 0 Å². The highest BCUT2D eigenvalue weighted by Gasteiger charge is 2.15. The third kappa shape index (κ3) is 4.78. The Hall–Kier alpha value is -2.67. The number of amides is 1. The minimum absolute atomic E-state index is 0.0814. The Kier molecular flexibility index (Phi) is 6.01. The normalized spacial score (nSPS) is 14.7. The van der Waals surface area contributed by atoms with Gasteiger partial charge in [0.1, 0.15) is 5.03 Å². The van der Waals surface area contributed by atoms with E-state index < -0.39 is 0 Å². The van der Waals surface area contributed by atoms with E-state index in [9.17, 15) is 4.79 Å². The molecule has 0 unspecified atom stereocenters. The summed E-state index contributed by atoms with van der Waals surface area (Å²) in [5.41, 5.74) is 2.86. The maximum atomic E-state index is 12.1. The standard InChI is InChI=1S/C21H23N5OS/c27-20(23-17-4-2-1-3-5-17)14-28-21-11-10-19(24-25-21)16-6-8-18(9-7-16)26-13-12-22-15-26/h6-13,15,17H,1-5,14H2,(H,23,27). The largest absolute Gasteiger partial charge is 0.353 e. The van der Waals surface area contributed by atoms with E-state index in [1.807, 2.05) is 47.2 Å². The van der Waals surface area contributed by atoms with Crippen LogP contribution in [0.1, 0.15) is 32.1 Å². The Labute approximate surface area is 168 Å². The molecule has 0 aliphatic heterocycles. The van der Waals surface area contributed by atoms with Crippen molar-refractivity contribution in [2.45, 2.75) is 43.2 Å². The van der Waals surface area contributed by atoms with E-state index in [4.69, 9.17) is 0 Å². The summed E-state index contributed by atoms with van der Waals surface area (Å²) in [5, 5.41) is 12.5. The van der Waals surface area contributed by atoms with E-state index in [-0.39, 0.29) is 5.91 Å². The first kappa shape index (κ1) is 18.7. The summed E-state index contributed by atoms with van der Waals surface area (Å²) < 4.78 is 1.95. The van der Waals surface area contributed by atoms with Gasteiger partial charge in [0.25, 0.3) is 0 Å². The number of carbonyl (C=O) groups excluding carboxylic acids is 1. The summed E-state index contributed by atoms with van der Waals surface area (Å²) in [6.07, 6.45) is 11.4. The van der Waals surface area contributed by atoms with Crippen molar-refractivity contribution in [3.8, 4) is 16.9 Å². The fourth-order valence-electron chi connectivity index (χ4n) is 3.42. The van der Waals surface area contributed by atoms with E-state index in [0.717, 1.165) is 34.8 Å². The number of carbonyl (C=O) groups is 1. The van der Waals surface area contributed by atoms with Gasteiger partial charge in [0.2, 0.25) is 5.91 Å². The van der Waals surface area contributed by atoms with Crippen LogP contribution in [0.2, 0.25) is 0 Å². The lowest BCUT2D eigenvalue weighted by Crippen LogP contribution is -2.37. The summed E-state index contributed by atoms with van der Waals surface area (Å²) in [6, 6.07) is 12.3. The van der Waals surface area contributed by atoms with E-state index in [1.54, 1.807) is 12.5 Å². The molecule has 28 heavy (non-hydrogen) atoms. The lowest BCUT2D eigenvalue weighted by Gasteiger charge is -2.22. The smallest absolute Gasteiger partial charge is 0.230 e. The molecule has 6 nitrogen and oxygen atoms in total. The molecule has 0 saturated heterocycles. The molecule has 1 amide bonds. The first-order chi connectivity index (χ1) is 13.8. The number of hydrogen-bond acceptors (Lipinski definition) is 5. The predicted molar refractivity (Wildman–Crippen MR) is 110 cm³/mol. The SMILES string of the molecule is O=C(CSc1ccc(-c2ccc(-n3ccnc3)cc2)nn1)NC1CCCCC1. The molecule has 1 aliphatic carbocycles. The summed E-state index contributed by atoms with van der Waals surface area (Å²) in [5.74, 6) is 0.460. The van der Waals surface area contributed by atoms with Crippen LogP contribution in [0.3, 0.4) is 0 Å². The van der Waals surface area contributed by atoms with Crippen LogP contribution in [0, 0.1) is 0 Å². The maximum absolute atomic E-state index is 12.1. The molecule has 2 aromatic heterocycles. The molecule has 0 spiro atoms. The van der Waals surface area contributed by atoms with Gasteiger partial charge >= 0.3 is 0 Å². The van der Waals surface area contributed by atoms with Gasteiger partial charge in [0.05, 0.1) is 17.8 Å². The minimum atomic E-state index is 0.0814. The van der Waals surface area contributed by atoms with Crippen molar-refractivity contribution < 1.29 is 4.79 Å². The number of nitrogens with zero attached hydrogens (tertiary/aromatic N) is 4. The number of aromatic nitrogens is 4. The van der Waals surface area contributed by atoms with Gasteiger partial charge < -0.3 is 9.88 Å². The first-order valence-corrected chi connectivity index (χ1v) is 10.6. The highest BCUT2D eigenvalue weighted by Crippen LogP contribution is 2.22. The highest BCUT2D eigenvalue weighted by molar-refractivity contribution is 7.99. The molecular weight excluding hydrogens is 370 g/mol. The summed E-state index contributed by atoms with van der Waals surface area (Å²) in [4.78, 5) is 16.2. The molecule has 4 rings (SSSR count). The topological polar surface area (TPSA) is 72.7 Å². The number of benzene rings is 1. The Bertz CT molecular complexity index is 888. The second kappa shape index (κ2) is 9.01. The lowest BCUT2D eigenvalue weighted by atomic mass is 9.95. The van der Waals surface area contributed by atoms with Gasteiger partial charge in [-0.25, -0.2) is 4.98 Å². The Morgan fingerprint density at radius 1 is 1.07 bits per heavy atom. The van der Waals surface area contributed by atoms with Crippen molar-refractivity contribution in [1.82, 2.24) is 25.1 Å². The zero-order valence-corrected chi connectivity index (χ0v) is 16.4. The second-order valence-corrected chi connectivity index (χ2v) is 7.96. The van der Waals surface area contributed by atoms with E-state index in [0.29, 0.717) is 11.8 Å². The van der Waals surface area contributed by atoms with Gasteiger partial charge in [-0.3, -0.25) is 4.79 Å². The maximum Gasteiger partial charge on any atom is 0.230 e. The van der Waals surface area contributed by atoms with Crippen molar-refractivity contribution in [2.24, 2.45) is 0 Å². The molecule has 0 radical (unpaired) electrons. The Morgan fingerprint density at radius 3 is 2.57 bits per heavy atom. The zero-order chi connectivity index (χ0) is 19.2. The molecule has 1 fully saturated rings. The van der Waals surface area contributed by atoms with Gasteiger partial charge in [-0.05, 0) is 37.1 Å². The molecule has 2 heterocycles.